The van der Waals surface area contributed by atoms with Crippen molar-refractivity contribution in [1.82, 2.24) is 20.1 Å². The average Bonchev–Trinajstić information content (AvgIpc) is 3.16. The van der Waals surface area contributed by atoms with Gasteiger partial charge in [-0.1, -0.05) is 12.8 Å². The second-order valence-electron chi connectivity index (χ2n) is 5.70. The van der Waals surface area contributed by atoms with E-state index in [-0.39, 0.29) is 24.7 Å². The highest BCUT2D eigenvalue weighted by molar-refractivity contribution is 5.77. The molecule has 1 saturated carbocycles. The van der Waals surface area contributed by atoms with Gasteiger partial charge >= 0.3 is 0 Å². The number of H-pyrrole nitrogens is 1. The fourth-order valence-electron chi connectivity index (χ4n) is 2.87. The first kappa shape index (κ1) is 14.5. The van der Waals surface area contributed by atoms with E-state index in [1.54, 1.807) is 4.90 Å². The minimum absolute atomic E-state index is 0.0301. The van der Waals surface area contributed by atoms with Crippen molar-refractivity contribution in [2.24, 2.45) is 0 Å². The maximum absolute atomic E-state index is 12.2. The summed E-state index contributed by atoms with van der Waals surface area (Å²) in [7, 11) is 0. The van der Waals surface area contributed by atoms with Gasteiger partial charge < -0.3 is 14.4 Å². The van der Waals surface area contributed by atoms with Crippen molar-refractivity contribution >= 4 is 5.91 Å². The van der Waals surface area contributed by atoms with Crippen LogP contribution in [0.25, 0.3) is 0 Å². The molecule has 1 aliphatic carbocycles. The molecule has 116 valence electrons. The molecule has 0 aromatic carbocycles. The fourth-order valence-corrected chi connectivity index (χ4v) is 2.87. The highest BCUT2D eigenvalue weighted by atomic mass is 16.5. The third-order valence-corrected chi connectivity index (χ3v) is 4.07. The Morgan fingerprint density at radius 3 is 3.00 bits per heavy atom. The normalized spacial score (nSPS) is 23.7. The SMILES string of the molecule is Cc1nc(C2CN(C(=O)COC3CCCC3)CCO2)n[nH]1. The van der Waals surface area contributed by atoms with Gasteiger partial charge in [0.1, 0.15) is 18.5 Å². The van der Waals surface area contributed by atoms with Crippen molar-refractivity contribution in [1.29, 1.82) is 0 Å². The smallest absolute Gasteiger partial charge is 0.248 e. The molecule has 7 heteroatoms. The Balaban J connectivity index is 1.51. The molecule has 2 aliphatic rings. The summed E-state index contributed by atoms with van der Waals surface area (Å²) in [6.07, 6.45) is 4.59. The molecule has 2 fully saturated rings. The van der Waals surface area contributed by atoms with Gasteiger partial charge in [-0.3, -0.25) is 9.89 Å². The van der Waals surface area contributed by atoms with Crippen molar-refractivity contribution < 1.29 is 14.3 Å². The second-order valence-corrected chi connectivity index (χ2v) is 5.70. The topological polar surface area (TPSA) is 80.3 Å². The molecule has 7 nitrogen and oxygen atoms in total. The number of amides is 1. The number of nitrogens with zero attached hydrogens (tertiary/aromatic N) is 3. The summed E-state index contributed by atoms with van der Waals surface area (Å²) < 4.78 is 11.3. The van der Waals surface area contributed by atoms with Crippen LogP contribution in [-0.2, 0) is 14.3 Å². The van der Waals surface area contributed by atoms with E-state index >= 15 is 0 Å². The van der Waals surface area contributed by atoms with Crippen LogP contribution in [0.2, 0.25) is 0 Å². The summed E-state index contributed by atoms with van der Waals surface area (Å²) in [5.74, 6) is 1.39. The number of aryl methyl sites for hydroxylation is 1. The molecule has 1 saturated heterocycles. The van der Waals surface area contributed by atoms with E-state index in [0.29, 0.717) is 25.5 Å². The summed E-state index contributed by atoms with van der Waals surface area (Å²) in [4.78, 5) is 18.3. The van der Waals surface area contributed by atoms with Gasteiger partial charge in [0.25, 0.3) is 0 Å². The van der Waals surface area contributed by atoms with Gasteiger partial charge in [-0.25, -0.2) is 4.98 Å². The summed E-state index contributed by atoms with van der Waals surface area (Å²) in [6.45, 7) is 3.62. The molecule has 1 N–H and O–H groups in total. The second kappa shape index (κ2) is 6.53. The Morgan fingerprint density at radius 2 is 2.29 bits per heavy atom. The maximum Gasteiger partial charge on any atom is 0.248 e. The zero-order valence-electron chi connectivity index (χ0n) is 12.4. The molecule has 1 aromatic rings. The standard InChI is InChI=1S/C14H22N4O3/c1-10-15-14(17-16-10)12-8-18(6-7-20-12)13(19)9-21-11-4-2-3-5-11/h11-12H,2-9H2,1H3,(H,15,16,17). The predicted molar refractivity (Wildman–Crippen MR) is 74.6 cm³/mol. The van der Waals surface area contributed by atoms with E-state index in [4.69, 9.17) is 9.47 Å². The first-order valence-corrected chi connectivity index (χ1v) is 7.62. The third kappa shape index (κ3) is 3.59. The van der Waals surface area contributed by atoms with E-state index in [1.807, 2.05) is 6.92 Å². The molecular weight excluding hydrogens is 272 g/mol. The monoisotopic (exact) mass is 294 g/mol. The number of nitrogens with one attached hydrogen (secondary N) is 1. The zero-order valence-corrected chi connectivity index (χ0v) is 12.4. The molecule has 1 atom stereocenters. The molecule has 1 unspecified atom stereocenters. The first-order chi connectivity index (χ1) is 10.2. The van der Waals surface area contributed by atoms with E-state index in [2.05, 4.69) is 15.2 Å². The van der Waals surface area contributed by atoms with Crippen LogP contribution in [0.3, 0.4) is 0 Å². The van der Waals surface area contributed by atoms with Crippen molar-refractivity contribution in [2.75, 3.05) is 26.3 Å². The molecule has 1 aromatic heterocycles. The molecule has 0 radical (unpaired) electrons. The van der Waals surface area contributed by atoms with Crippen LogP contribution in [0.4, 0.5) is 0 Å². The lowest BCUT2D eigenvalue weighted by Gasteiger charge is -2.31. The van der Waals surface area contributed by atoms with Crippen molar-refractivity contribution in [2.45, 2.75) is 44.8 Å². The highest BCUT2D eigenvalue weighted by Gasteiger charge is 2.28. The predicted octanol–water partition coefficient (Wildman–Crippen LogP) is 0.972. The number of ether oxygens (including phenoxy) is 2. The summed E-state index contributed by atoms with van der Waals surface area (Å²) in [5, 5.41) is 6.91. The van der Waals surface area contributed by atoms with Crippen LogP contribution in [0, 0.1) is 6.92 Å². The number of rotatable bonds is 4. The Hall–Kier alpha value is -1.47. The van der Waals surface area contributed by atoms with Crippen molar-refractivity contribution in [3.05, 3.63) is 11.6 Å². The van der Waals surface area contributed by atoms with Gasteiger partial charge in [0.2, 0.25) is 5.91 Å². The largest absolute Gasteiger partial charge is 0.368 e. The third-order valence-electron chi connectivity index (χ3n) is 4.07. The van der Waals surface area contributed by atoms with Gasteiger partial charge in [-0.05, 0) is 19.8 Å². The number of carbonyl (C=O) groups is 1. The van der Waals surface area contributed by atoms with Crippen molar-refractivity contribution in [3.8, 4) is 0 Å². The van der Waals surface area contributed by atoms with Gasteiger partial charge in [-0.15, -0.1) is 0 Å². The number of hydrogen-bond acceptors (Lipinski definition) is 5. The Bertz CT molecular complexity index is 484. The van der Waals surface area contributed by atoms with E-state index in [9.17, 15) is 4.79 Å². The highest BCUT2D eigenvalue weighted by Crippen LogP contribution is 2.22. The minimum atomic E-state index is -0.251. The molecular formula is C14H22N4O3. The van der Waals surface area contributed by atoms with E-state index in [0.717, 1.165) is 18.7 Å². The van der Waals surface area contributed by atoms with E-state index < -0.39 is 0 Å². The Kier molecular flexibility index (Phi) is 4.50. The Labute approximate surface area is 124 Å². The van der Waals surface area contributed by atoms with Gasteiger partial charge in [-0.2, -0.15) is 5.10 Å². The number of carbonyl (C=O) groups excluding carboxylic acids is 1. The van der Waals surface area contributed by atoms with Gasteiger partial charge in [0.05, 0.1) is 19.3 Å². The van der Waals surface area contributed by atoms with Gasteiger partial charge in [0, 0.05) is 6.54 Å². The minimum Gasteiger partial charge on any atom is -0.368 e. The lowest BCUT2D eigenvalue weighted by atomic mass is 10.2. The number of aromatic amines is 1. The molecule has 3 rings (SSSR count). The molecule has 21 heavy (non-hydrogen) atoms. The van der Waals surface area contributed by atoms with Gasteiger partial charge in [0.15, 0.2) is 5.82 Å². The quantitative estimate of drug-likeness (QED) is 0.895. The zero-order chi connectivity index (χ0) is 14.7. The average molecular weight is 294 g/mol. The molecule has 0 bridgehead atoms. The van der Waals surface area contributed by atoms with E-state index in [1.165, 1.54) is 12.8 Å². The first-order valence-electron chi connectivity index (χ1n) is 7.62. The van der Waals surface area contributed by atoms with Crippen LogP contribution in [-0.4, -0.2) is 58.4 Å². The van der Waals surface area contributed by atoms with Crippen LogP contribution in [0.5, 0.6) is 0 Å². The lowest BCUT2D eigenvalue weighted by Crippen LogP contribution is -2.44. The van der Waals surface area contributed by atoms with Crippen LogP contribution in [0.15, 0.2) is 0 Å². The summed E-state index contributed by atoms with van der Waals surface area (Å²) >= 11 is 0. The van der Waals surface area contributed by atoms with Crippen LogP contribution >= 0.6 is 0 Å². The fraction of sp³-hybridized carbons (Fsp3) is 0.786. The number of hydrogen-bond donors (Lipinski definition) is 1. The maximum atomic E-state index is 12.2. The van der Waals surface area contributed by atoms with Crippen molar-refractivity contribution in [3.63, 3.8) is 0 Å². The van der Waals surface area contributed by atoms with Crippen LogP contribution < -0.4 is 0 Å². The Morgan fingerprint density at radius 1 is 1.48 bits per heavy atom. The number of aromatic nitrogens is 3. The molecule has 1 aliphatic heterocycles. The number of morpholine rings is 1. The molecule has 2 heterocycles. The molecule has 0 spiro atoms. The van der Waals surface area contributed by atoms with Crippen LogP contribution in [0.1, 0.15) is 43.4 Å². The lowest BCUT2D eigenvalue weighted by molar-refractivity contribution is -0.146. The summed E-state index contributed by atoms with van der Waals surface area (Å²) in [6, 6.07) is 0. The summed E-state index contributed by atoms with van der Waals surface area (Å²) in [5.41, 5.74) is 0. The molecule has 1 amide bonds.